The monoisotopic (exact) mass is 326 g/mol. The van der Waals surface area contributed by atoms with E-state index in [0.29, 0.717) is 11.9 Å². The van der Waals surface area contributed by atoms with E-state index in [9.17, 15) is 9.59 Å². The number of aryl methyl sites for hydroxylation is 1. The molecule has 0 bridgehead atoms. The van der Waals surface area contributed by atoms with Gasteiger partial charge in [-0.15, -0.1) is 0 Å². The van der Waals surface area contributed by atoms with Crippen LogP contribution in [0.1, 0.15) is 12.0 Å². The molecule has 0 aliphatic rings. The third-order valence-corrected chi connectivity index (χ3v) is 4.71. The molecule has 1 N–H and O–H groups in total. The molecule has 2 aromatic carbocycles. The van der Waals surface area contributed by atoms with E-state index in [1.54, 1.807) is 6.07 Å². The SMILES string of the molecule is O=C(Cn1sc2ccccc2c1=O)NCCCc1ccccc1. The van der Waals surface area contributed by atoms with Crippen molar-refractivity contribution in [1.29, 1.82) is 0 Å². The van der Waals surface area contributed by atoms with Crippen molar-refractivity contribution in [3.05, 3.63) is 70.5 Å². The highest BCUT2D eigenvalue weighted by Crippen LogP contribution is 2.15. The van der Waals surface area contributed by atoms with Crippen LogP contribution in [0.25, 0.3) is 10.1 Å². The number of carbonyl (C=O) groups excluding carboxylic acids is 1. The zero-order valence-electron chi connectivity index (χ0n) is 12.7. The Bertz CT molecular complexity index is 852. The van der Waals surface area contributed by atoms with Crippen LogP contribution in [-0.2, 0) is 17.8 Å². The Hall–Kier alpha value is -2.40. The number of benzene rings is 2. The van der Waals surface area contributed by atoms with Crippen molar-refractivity contribution in [3.8, 4) is 0 Å². The lowest BCUT2D eigenvalue weighted by Gasteiger charge is -2.05. The van der Waals surface area contributed by atoms with Crippen LogP contribution in [0.5, 0.6) is 0 Å². The molecule has 0 radical (unpaired) electrons. The van der Waals surface area contributed by atoms with Crippen molar-refractivity contribution >= 4 is 27.5 Å². The lowest BCUT2D eigenvalue weighted by Crippen LogP contribution is -2.30. The fourth-order valence-corrected chi connectivity index (χ4v) is 3.47. The van der Waals surface area contributed by atoms with Gasteiger partial charge in [0.25, 0.3) is 5.56 Å². The molecule has 3 rings (SSSR count). The van der Waals surface area contributed by atoms with Crippen LogP contribution in [0, 0.1) is 0 Å². The van der Waals surface area contributed by atoms with E-state index < -0.39 is 0 Å². The van der Waals surface area contributed by atoms with Crippen LogP contribution in [0.15, 0.2) is 59.4 Å². The Morgan fingerprint density at radius 2 is 1.78 bits per heavy atom. The van der Waals surface area contributed by atoms with Crippen LogP contribution >= 0.6 is 11.5 Å². The van der Waals surface area contributed by atoms with Crippen LogP contribution < -0.4 is 10.9 Å². The van der Waals surface area contributed by atoms with Crippen molar-refractivity contribution in [2.24, 2.45) is 0 Å². The first-order valence-electron chi connectivity index (χ1n) is 7.63. The second-order valence-electron chi connectivity index (χ2n) is 5.37. The molecule has 0 atom stereocenters. The van der Waals surface area contributed by atoms with Gasteiger partial charge in [-0.05, 0) is 30.5 Å². The smallest absolute Gasteiger partial charge is 0.268 e. The number of hydrogen-bond donors (Lipinski definition) is 1. The number of nitrogens with one attached hydrogen (secondary N) is 1. The van der Waals surface area contributed by atoms with E-state index >= 15 is 0 Å². The number of aromatic nitrogens is 1. The summed E-state index contributed by atoms with van der Waals surface area (Å²) in [5.74, 6) is -0.119. The highest BCUT2D eigenvalue weighted by atomic mass is 32.1. The first-order valence-corrected chi connectivity index (χ1v) is 8.41. The maximum absolute atomic E-state index is 12.2. The van der Waals surface area contributed by atoms with Crippen molar-refractivity contribution in [2.75, 3.05) is 6.54 Å². The largest absolute Gasteiger partial charge is 0.355 e. The summed E-state index contributed by atoms with van der Waals surface area (Å²) in [6.07, 6.45) is 1.82. The zero-order valence-corrected chi connectivity index (χ0v) is 13.5. The summed E-state index contributed by atoms with van der Waals surface area (Å²) in [5.41, 5.74) is 1.17. The molecule has 0 aliphatic carbocycles. The van der Waals surface area contributed by atoms with Crippen molar-refractivity contribution in [2.45, 2.75) is 19.4 Å². The molecule has 0 fully saturated rings. The molecule has 118 valence electrons. The Kier molecular flexibility index (Phi) is 4.88. The average Bonchev–Trinajstić information content (AvgIpc) is 2.89. The van der Waals surface area contributed by atoms with Gasteiger partial charge in [0.1, 0.15) is 6.54 Å². The van der Waals surface area contributed by atoms with Gasteiger partial charge >= 0.3 is 0 Å². The number of hydrogen-bond acceptors (Lipinski definition) is 3. The molecule has 0 unspecified atom stereocenters. The van der Waals surface area contributed by atoms with E-state index in [1.807, 2.05) is 36.4 Å². The molecule has 1 amide bonds. The van der Waals surface area contributed by atoms with E-state index in [4.69, 9.17) is 0 Å². The van der Waals surface area contributed by atoms with Gasteiger partial charge in [-0.25, -0.2) is 0 Å². The number of rotatable bonds is 6. The van der Waals surface area contributed by atoms with Crippen molar-refractivity contribution in [1.82, 2.24) is 9.27 Å². The molecule has 0 saturated carbocycles. The van der Waals surface area contributed by atoms with Crippen LogP contribution in [-0.4, -0.2) is 16.4 Å². The summed E-state index contributed by atoms with van der Waals surface area (Å²) >= 11 is 1.33. The zero-order chi connectivity index (χ0) is 16.1. The first kappa shape index (κ1) is 15.5. The predicted octanol–water partition coefficient (Wildman–Crippen LogP) is 2.81. The summed E-state index contributed by atoms with van der Waals surface area (Å²) in [6.45, 7) is 0.705. The molecule has 3 aromatic rings. The molecule has 23 heavy (non-hydrogen) atoms. The molecule has 1 heterocycles. The molecule has 5 heteroatoms. The topological polar surface area (TPSA) is 51.1 Å². The number of nitrogens with zero attached hydrogens (tertiary/aromatic N) is 1. The summed E-state index contributed by atoms with van der Waals surface area (Å²) < 4.78 is 2.42. The molecule has 0 aliphatic heterocycles. The number of fused-ring (bicyclic) bond motifs is 1. The molecule has 4 nitrogen and oxygen atoms in total. The molecular weight excluding hydrogens is 308 g/mol. The van der Waals surface area contributed by atoms with E-state index in [2.05, 4.69) is 17.4 Å². The average molecular weight is 326 g/mol. The van der Waals surface area contributed by atoms with E-state index in [-0.39, 0.29) is 18.0 Å². The second-order valence-corrected chi connectivity index (χ2v) is 6.43. The van der Waals surface area contributed by atoms with Gasteiger partial charge < -0.3 is 5.32 Å². The third-order valence-electron chi connectivity index (χ3n) is 3.65. The second kappa shape index (κ2) is 7.24. The summed E-state index contributed by atoms with van der Waals surface area (Å²) in [6, 6.07) is 17.6. The molecule has 0 spiro atoms. The third kappa shape index (κ3) is 3.87. The predicted molar refractivity (Wildman–Crippen MR) is 93.9 cm³/mol. The molecule has 0 saturated heterocycles. The number of amides is 1. The Labute approximate surface area is 138 Å². The Morgan fingerprint density at radius 3 is 2.57 bits per heavy atom. The van der Waals surface area contributed by atoms with Crippen LogP contribution in [0.4, 0.5) is 0 Å². The normalized spacial score (nSPS) is 10.8. The van der Waals surface area contributed by atoms with Gasteiger partial charge in [-0.2, -0.15) is 0 Å². The summed E-state index contributed by atoms with van der Waals surface area (Å²) in [4.78, 5) is 24.2. The van der Waals surface area contributed by atoms with Gasteiger partial charge in [0.2, 0.25) is 5.91 Å². The fraction of sp³-hybridized carbons (Fsp3) is 0.222. The Morgan fingerprint density at radius 1 is 1.04 bits per heavy atom. The quantitative estimate of drug-likeness (QED) is 0.708. The lowest BCUT2D eigenvalue weighted by molar-refractivity contribution is -0.121. The maximum atomic E-state index is 12.2. The van der Waals surface area contributed by atoms with Crippen LogP contribution in [0.2, 0.25) is 0 Å². The lowest BCUT2D eigenvalue weighted by atomic mass is 10.1. The standard InChI is InChI=1S/C18H18N2O2S/c21-17(19-12-6-9-14-7-2-1-3-8-14)13-20-18(22)15-10-4-5-11-16(15)23-20/h1-5,7-8,10-11H,6,9,12-13H2,(H,19,21). The number of carbonyl (C=O) groups is 1. The van der Waals surface area contributed by atoms with Gasteiger partial charge in [0.15, 0.2) is 0 Å². The first-order chi connectivity index (χ1) is 11.2. The highest BCUT2D eigenvalue weighted by Gasteiger charge is 2.10. The fourth-order valence-electron chi connectivity index (χ4n) is 2.47. The van der Waals surface area contributed by atoms with Crippen molar-refractivity contribution in [3.63, 3.8) is 0 Å². The minimum Gasteiger partial charge on any atom is -0.355 e. The van der Waals surface area contributed by atoms with Crippen molar-refractivity contribution < 1.29 is 4.79 Å². The minimum atomic E-state index is -0.119. The van der Waals surface area contributed by atoms with Gasteiger partial charge in [0.05, 0.1) is 10.1 Å². The van der Waals surface area contributed by atoms with Gasteiger partial charge in [-0.1, -0.05) is 54.0 Å². The summed E-state index contributed by atoms with van der Waals surface area (Å²) in [7, 11) is 0. The van der Waals surface area contributed by atoms with E-state index in [0.717, 1.165) is 17.5 Å². The van der Waals surface area contributed by atoms with Gasteiger partial charge in [0, 0.05) is 6.54 Å². The van der Waals surface area contributed by atoms with E-state index in [1.165, 1.54) is 21.1 Å². The molecular formula is C18H18N2O2S. The maximum Gasteiger partial charge on any atom is 0.268 e. The van der Waals surface area contributed by atoms with Crippen LogP contribution in [0.3, 0.4) is 0 Å². The van der Waals surface area contributed by atoms with Gasteiger partial charge in [-0.3, -0.25) is 13.5 Å². The minimum absolute atomic E-state index is 0.0868. The molecule has 1 aromatic heterocycles. The summed E-state index contributed by atoms with van der Waals surface area (Å²) in [5, 5.41) is 3.56. The highest BCUT2D eigenvalue weighted by molar-refractivity contribution is 7.13. The Balaban J connectivity index is 1.51.